The molecule has 0 aliphatic carbocycles. The molecule has 1 unspecified atom stereocenters. The second-order valence-corrected chi connectivity index (χ2v) is 8.14. The van der Waals surface area contributed by atoms with Gasteiger partial charge in [-0.1, -0.05) is 50.3 Å². The molecule has 0 aromatic rings. The summed E-state index contributed by atoms with van der Waals surface area (Å²) < 4.78 is 15.3. The van der Waals surface area contributed by atoms with E-state index in [0.29, 0.717) is 19.6 Å². The van der Waals surface area contributed by atoms with E-state index in [1.165, 1.54) is 0 Å². The Morgan fingerprint density at radius 2 is 1.04 bits per heavy atom. The predicted molar refractivity (Wildman–Crippen MR) is 102 cm³/mol. The fourth-order valence-electron chi connectivity index (χ4n) is 1.61. The van der Waals surface area contributed by atoms with Crippen LogP contribution in [0.25, 0.3) is 0 Å². The zero-order valence-electron chi connectivity index (χ0n) is 15.7. The molecule has 1 atom stereocenters. The van der Waals surface area contributed by atoms with Crippen molar-refractivity contribution < 1.29 is 28.6 Å². The molecule has 0 radical (unpaired) electrons. The number of rotatable bonds is 12. The van der Waals surface area contributed by atoms with Crippen molar-refractivity contribution >= 4 is 40.5 Å². The molecule has 0 spiro atoms. The maximum absolute atomic E-state index is 11.5. The van der Waals surface area contributed by atoms with Crippen LogP contribution in [0.15, 0.2) is 0 Å². The lowest BCUT2D eigenvalue weighted by molar-refractivity contribution is -0.148. The summed E-state index contributed by atoms with van der Waals surface area (Å²) in [5, 5.41) is 0. The zero-order chi connectivity index (χ0) is 19.4. The third-order valence-corrected chi connectivity index (χ3v) is 3.73. The summed E-state index contributed by atoms with van der Waals surface area (Å²) in [7, 11) is 0. The monoisotopic (exact) mass is 471 g/mol. The Kier molecular flexibility index (Phi) is 12.8. The highest BCUT2D eigenvalue weighted by atomic mass is 127. The first kappa shape index (κ1) is 24.1. The third kappa shape index (κ3) is 12.1. The Labute approximate surface area is 163 Å². The molecule has 0 rings (SSSR count). The van der Waals surface area contributed by atoms with Gasteiger partial charge in [0, 0.05) is 19.6 Å². The topological polar surface area (TPSA) is 82.1 Å². The van der Waals surface area contributed by atoms with E-state index in [4.69, 9.17) is 14.2 Å². The number of hydrogen-bond donors (Lipinski definition) is 0. The summed E-state index contributed by atoms with van der Waals surface area (Å²) in [5.41, 5.74) is 0. The van der Waals surface area contributed by atoms with E-state index in [-0.39, 0.29) is 53.5 Å². The molecule has 146 valence electrons. The first-order valence-corrected chi connectivity index (χ1v) is 9.76. The molecule has 7 nitrogen and oxygen atoms in total. The fraction of sp³-hybridized carbons (Fsp3) is 0.824. The van der Waals surface area contributed by atoms with Crippen LogP contribution in [0.2, 0.25) is 0 Å². The van der Waals surface area contributed by atoms with Crippen LogP contribution in [0.5, 0.6) is 0 Å². The Hall–Kier alpha value is -0.900. The van der Waals surface area contributed by atoms with Crippen LogP contribution in [0.1, 0.15) is 34.6 Å². The van der Waals surface area contributed by atoms with Gasteiger partial charge >= 0.3 is 17.9 Å². The normalized spacial score (nSPS) is 12.4. The van der Waals surface area contributed by atoms with Crippen molar-refractivity contribution in [3.63, 3.8) is 0 Å². The lowest BCUT2D eigenvalue weighted by Crippen LogP contribution is -2.36. The molecule has 0 amide bonds. The summed E-state index contributed by atoms with van der Waals surface area (Å²) in [6, 6.07) is 0. The Morgan fingerprint density at radius 3 is 1.32 bits per heavy atom. The van der Waals surface area contributed by atoms with Gasteiger partial charge in [-0.3, -0.25) is 19.3 Å². The van der Waals surface area contributed by atoms with Crippen molar-refractivity contribution in [2.75, 3.05) is 39.5 Å². The summed E-state index contributed by atoms with van der Waals surface area (Å²) in [6.07, 6.45) is 0. The lowest BCUT2D eigenvalue weighted by Gasteiger charge is -2.22. The molecular formula is C17H30INO6. The number of nitrogens with zero attached hydrogens (tertiary/aromatic N) is 1. The molecule has 0 fully saturated rings. The number of carbonyl (C=O) groups excluding carboxylic acids is 3. The maximum Gasteiger partial charge on any atom is 0.318 e. The second-order valence-electron chi connectivity index (χ2n) is 6.27. The highest BCUT2D eigenvalue weighted by molar-refractivity contribution is 14.1. The van der Waals surface area contributed by atoms with Gasteiger partial charge < -0.3 is 14.2 Å². The Bertz CT molecular complexity index is 364. The molecule has 0 saturated heterocycles. The lowest BCUT2D eigenvalue weighted by atomic mass is 10.2. The third-order valence-electron chi connectivity index (χ3n) is 3.22. The number of esters is 3. The average molecular weight is 471 g/mol. The molecule has 0 aliphatic rings. The van der Waals surface area contributed by atoms with Crippen molar-refractivity contribution in [3.8, 4) is 0 Å². The van der Waals surface area contributed by atoms with Crippen LogP contribution in [-0.2, 0) is 28.6 Å². The Morgan fingerprint density at radius 1 is 0.720 bits per heavy atom. The minimum atomic E-state index is -0.266. The molecule has 8 heteroatoms. The average Bonchev–Trinajstić information content (AvgIpc) is 2.53. The van der Waals surface area contributed by atoms with Gasteiger partial charge in [0.05, 0.1) is 11.8 Å². The van der Waals surface area contributed by atoms with Crippen LogP contribution in [0, 0.1) is 11.8 Å². The SMILES string of the molecule is CC(C)C(=O)OCCN(CCOC(=O)C(C)C)CCOC(=O)C(C)I. The van der Waals surface area contributed by atoms with Gasteiger partial charge in [-0.15, -0.1) is 0 Å². The van der Waals surface area contributed by atoms with Gasteiger partial charge in [-0.2, -0.15) is 0 Å². The minimum Gasteiger partial charge on any atom is -0.464 e. The van der Waals surface area contributed by atoms with Crippen LogP contribution in [-0.4, -0.2) is 66.2 Å². The van der Waals surface area contributed by atoms with Gasteiger partial charge in [-0.25, -0.2) is 0 Å². The fourth-order valence-corrected chi connectivity index (χ4v) is 1.79. The second kappa shape index (κ2) is 13.3. The number of halogens is 1. The van der Waals surface area contributed by atoms with Crippen LogP contribution >= 0.6 is 22.6 Å². The van der Waals surface area contributed by atoms with Gasteiger partial charge in [0.2, 0.25) is 0 Å². The van der Waals surface area contributed by atoms with Gasteiger partial charge in [0.15, 0.2) is 0 Å². The van der Waals surface area contributed by atoms with E-state index >= 15 is 0 Å². The molecule has 0 heterocycles. The molecule has 0 aliphatic heterocycles. The quantitative estimate of drug-likeness (QED) is 0.187. The summed E-state index contributed by atoms with van der Waals surface area (Å²) in [4.78, 5) is 36.4. The number of carbonyl (C=O) groups is 3. The zero-order valence-corrected chi connectivity index (χ0v) is 17.9. The first-order valence-electron chi connectivity index (χ1n) is 8.51. The number of ether oxygens (including phenoxy) is 3. The molecule has 0 aromatic carbocycles. The smallest absolute Gasteiger partial charge is 0.318 e. The summed E-state index contributed by atoms with van der Waals surface area (Å²) in [5.74, 6) is -1.12. The van der Waals surface area contributed by atoms with Gasteiger partial charge in [-0.05, 0) is 6.92 Å². The predicted octanol–water partition coefficient (Wildman–Crippen LogP) is 2.05. The highest BCUT2D eigenvalue weighted by Gasteiger charge is 2.14. The Balaban J connectivity index is 4.31. The number of alkyl halides is 1. The van der Waals surface area contributed by atoms with Crippen LogP contribution < -0.4 is 0 Å². The molecule has 0 N–H and O–H groups in total. The standard InChI is InChI=1S/C17H30INO6/c1-12(2)15(20)23-9-6-19(7-10-24-16(21)13(3)4)8-11-25-17(22)14(5)18/h12-14H,6-11H2,1-5H3. The molecule has 25 heavy (non-hydrogen) atoms. The highest BCUT2D eigenvalue weighted by Crippen LogP contribution is 2.02. The van der Waals surface area contributed by atoms with Crippen molar-refractivity contribution in [2.24, 2.45) is 11.8 Å². The van der Waals surface area contributed by atoms with E-state index in [1.807, 2.05) is 27.5 Å². The van der Waals surface area contributed by atoms with Crippen molar-refractivity contribution in [1.82, 2.24) is 4.90 Å². The number of hydrogen-bond acceptors (Lipinski definition) is 7. The molecule has 0 saturated carbocycles. The summed E-state index contributed by atoms with van der Waals surface area (Å²) in [6.45, 7) is 11.0. The summed E-state index contributed by atoms with van der Waals surface area (Å²) >= 11 is 1.99. The van der Waals surface area contributed by atoms with Crippen molar-refractivity contribution in [1.29, 1.82) is 0 Å². The van der Waals surface area contributed by atoms with Crippen molar-refractivity contribution in [2.45, 2.75) is 38.5 Å². The van der Waals surface area contributed by atoms with E-state index in [0.717, 1.165) is 0 Å². The first-order chi connectivity index (χ1) is 11.6. The van der Waals surface area contributed by atoms with E-state index < -0.39 is 0 Å². The molecular weight excluding hydrogens is 441 g/mol. The van der Waals surface area contributed by atoms with Crippen molar-refractivity contribution in [3.05, 3.63) is 0 Å². The molecule has 0 bridgehead atoms. The van der Waals surface area contributed by atoms with E-state index in [9.17, 15) is 14.4 Å². The van der Waals surface area contributed by atoms with Gasteiger partial charge in [0.1, 0.15) is 23.7 Å². The minimum absolute atomic E-state index is 0.174. The van der Waals surface area contributed by atoms with E-state index in [2.05, 4.69) is 0 Å². The van der Waals surface area contributed by atoms with Crippen LogP contribution in [0.3, 0.4) is 0 Å². The largest absolute Gasteiger partial charge is 0.464 e. The van der Waals surface area contributed by atoms with Gasteiger partial charge in [0.25, 0.3) is 0 Å². The molecule has 0 aromatic heterocycles. The maximum atomic E-state index is 11.5. The van der Waals surface area contributed by atoms with E-state index in [1.54, 1.807) is 34.6 Å². The van der Waals surface area contributed by atoms with Crippen LogP contribution in [0.4, 0.5) is 0 Å².